The van der Waals surface area contributed by atoms with Crippen molar-refractivity contribution in [2.75, 3.05) is 6.61 Å². The van der Waals surface area contributed by atoms with Crippen LogP contribution >= 0.6 is 0 Å². The average molecular weight is 374 g/mol. The molecule has 142 valence electrons. The first kappa shape index (κ1) is 18.2. The van der Waals surface area contributed by atoms with Crippen LogP contribution in [0.25, 0.3) is 22.4 Å². The molecule has 0 unspecified atom stereocenters. The maximum Gasteiger partial charge on any atom is 0.144 e. The Hall–Kier alpha value is -3.14. The third-order valence-electron chi connectivity index (χ3n) is 4.90. The topological polar surface area (TPSA) is 27.1 Å². The minimum atomic E-state index is -0.248. The summed E-state index contributed by atoms with van der Waals surface area (Å²) in [7, 11) is 0. The van der Waals surface area contributed by atoms with Crippen molar-refractivity contribution >= 4 is 11.0 Å². The highest BCUT2D eigenvalue weighted by molar-refractivity contribution is 5.80. The fourth-order valence-electron chi connectivity index (χ4n) is 3.42. The van der Waals surface area contributed by atoms with E-state index in [1.807, 2.05) is 61.5 Å². The van der Waals surface area contributed by atoms with Gasteiger partial charge >= 0.3 is 0 Å². The molecule has 1 aromatic heterocycles. The summed E-state index contributed by atoms with van der Waals surface area (Å²) >= 11 is 0. The van der Waals surface area contributed by atoms with Crippen molar-refractivity contribution in [2.45, 2.75) is 26.3 Å². The summed E-state index contributed by atoms with van der Waals surface area (Å²) in [5.41, 5.74) is 3.59. The molecule has 0 N–H and O–H groups in total. The molecule has 0 fully saturated rings. The van der Waals surface area contributed by atoms with E-state index < -0.39 is 0 Å². The maximum atomic E-state index is 14.4. The summed E-state index contributed by atoms with van der Waals surface area (Å²) in [6.07, 6.45) is 1.84. The van der Waals surface area contributed by atoms with Gasteiger partial charge in [0.05, 0.1) is 23.2 Å². The number of hydrogen-bond donors (Lipinski definition) is 0. The third-order valence-corrected chi connectivity index (χ3v) is 4.90. The summed E-state index contributed by atoms with van der Waals surface area (Å²) in [6.45, 7) is 3.47. The van der Waals surface area contributed by atoms with Gasteiger partial charge in [-0.05, 0) is 55.7 Å². The van der Waals surface area contributed by atoms with E-state index in [4.69, 9.17) is 9.72 Å². The van der Waals surface area contributed by atoms with Crippen LogP contribution in [0.3, 0.4) is 0 Å². The number of halogens is 1. The second kappa shape index (κ2) is 8.26. The van der Waals surface area contributed by atoms with Crippen molar-refractivity contribution in [3.63, 3.8) is 0 Å². The van der Waals surface area contributed by atoms with Gasteiger partial charge in [-0.15, -0.1) is 0 Å². The lowest BCUT2D eigenvalue weighted by Gasteiger charge is -2.11. The Morgan fingerprint density at radius 2 is 1.64 bits per heavy atom. The molecule has 0 saturated carbocycles. The van der Waals surface area contributed by atoms with E-state index >= 15 is 0 Å². The van der Waals surface area contributed by atoms with Gasteiger partial charge in [-0.2, -0.15) is 0 Å². The predicted octanol–water partition coefficient (Wildman–Crippen LogP) is 6.01. The van der Waals surface area contributed by atoms with Gasteiger partial charge in [-0.1, -0.05) is 42.5 Å². The zero-order valence-corrected chi connectivity index (χ0v) is 15.9. The molecular formula is C24H23FN2O. The van der Waals surface area contributed by atoms with E-state index in [2.05, 4.69) is 4.57 Å². The van der Waals surface area contributed by atoms with Gasteiger partial charge in [0.1, 0.15) is 17.4 Å². The summed E-state index contributed by atoms with van der Waals surface area (Å²) in [5, 5.41) is 0. The Labute approximate surface area is 164 Å². The first-order valence-corrected chi connectivity index (χ1v) is 9.62. The molecule has 0 spiro atoms. The number of fused-ring (bicyclic) bond motifs is 1. The molecule has 0 amide bonds. The zero-order chi connectivity index (χ0) is 19.3. The van der Waals surface area contributed by atoms with Crippen molar-refractivity contribution in [3.05, 3.63) is 84.2 Å². The van der Waals surface area contributed by atoms with E-state index in [0.29, 0.717) is 18.0 Å². The zero-order valence-electron chi connectivity index (χ0n) is 15.9. The van der Waals surface area contributed by atoms with Crippen LogP contribution in [0.1, 0.15) is 18.4 Å². The van der Waals surface area contributed by atoms with Gasteiger partial charge in [-0.25, -0.2) is 9.37 Å². The van der Waals surface area contributed by atoms with Crippen LogP contribution in [-0.4, -0.2) is 16.2 Å². The van der Waals surface area contributed by atoms with Crippen LogP contribution in [0.4, 0.5) is 4.39 Å². The first-order chi connectivity index (χ1) is 13.7. The summed E-state index contributed by atoms with van der Waals surface area (Å²) < 4.78 is 22.4. The normalized spacial score (nSPS) is 11.1. The van der Waals surface area contributed by atoms with Crippen LogP contribution in [0.2, 0.25) is 0 Å². The average Bonchev–Trinajstić information content (AvgIpc) is 3.08. The molecule has 1 heterocycles. The van der Waals surface area contributed by atoms with E-state index in [0.717, 1.165) is 41.7 Å². The molecule has 0 atom stereocenters. The molecule has 0 radical (unpaired) electrons. The second-order valence-corrected chi connectivity index (χ2v) is 6.88. The first-order valence-electron chi connectivity index (χ1n) is 9.62. The molecule has 0 aliphatic rings. The molecule has 4 rings (SSSR count). The van der Waals surface area contributed by atoms with Gasteiger partial charge in [0, 0.05) is 6.54 Å². The SMILES string of the molecule is Cc1ccccc1OCCCCn1c(-c2ccccc2F)nc2ccccc21. The Balaban J connectivity index is 1.49. The molecule has 0 aliphatic heterocycles. The largest absolute Gasteiger partial charge is 0.493 e. The fraction of sp³-hybridized carbons (Fsp3) is 0.208. The minimum absolute atomic E-state index is 0.248. The Kier molecular flexibility index (Phi) is 5.38. The maximum absolute atomic E-state index is 14.4. The molecule has 3 nitrogen and oxygen atoms in total. The van der Waals surface area contributed by atoms with E-state index in [9.17, 15) is 4.39 Å². The van der Waals surface area contributed by atoms with Crippen molar-refractivity contribution < 1.29 is 9.13 Å². The number of aryl methyl sites for hydroxylation is 2. The lowest BCUT2D eigenvalue weighted by Crippen LogP contribution is -2.05. The van der Waals surface area contributed by atoms with E-state index in [1.54, 1.807) is 12.1 Å². The molecular weight excluding hydrogens is 351 g/mol. The van der Waals surface area contributed by atoms with Crippen molar-refractivity contribution in [1.29, 1.82) is 0 Å². The lowest BCUT2D eigenvalue weighted by atomic mass is 10.2. The van der Waals surface area contributed by atoms with E-state index in [-0.39, 0.29) is 5.82 Å². The van der Waals surface area contributed by atoms with Gasteiger partial charge in [-0.3, -0.25) is 0 Å². The number of para-hydroxylation sites is 3. The van der Waals surface area contributed by atoms with Crippen LogP contribution < -0.4 is 4.74 Å². The van der Waals surface area contributed by atoms with E-state index in [1.165, 1.54) is 6.07 Å². The molecule has 0 aliphatic carbocycles. The number of ether oxygens (including phenoxy) is 1. The number of unbranched alkanes of at least 4 members (excludes halogenated alkanes) is 1. The molecule has 0 bridgehead atoms. The van der Waals surface area contributed by atoms with Gasteiger partial charge in [0.2, 0.25) is 0 Å². The van der Waals surface area contributed by atoms with Crippen molar-refractivity contribution in [2.24, 2.45) is 0 Å². The van der Waals surface area contributed by atoms with Gasteiger partial charge in [0.25, 0.3) is 0 Å². The Morgan fingerprint density at radius 1 is 0.893 bits per heavy atom. The number of rotatable bonds is 7. The van der Waals surface area contributed by atoms with Crippen LogP contribution in [-0.2, 0) is 6.54 Å². The number of aromatic nitrogens is 2. The summed E-state index contributed by atoms with van der Waals surface area (Å²) in [4.78, 5) is 4.69. The number of imidazole rings is 1. The lowest BCUT2D eigenvalue weighted by molar-refractivity contribution is 0.302. The van der Waals surface area contributed by atoms with Crippen molar-refractivity contribution in [3.8, 4) is 17.1 Å². The molecule has 3 aromatic carbocycles. The monoisotopic (exact) mass is 374 g/mol. The summed E-state index contributed by atoms with van der Waals surface area (Å²) in [6, 6.07) is 22.8. The number of hydrogen-bond acceptors (Lipinski definition) is 2. The Bertz CT molecular complexity index is 1090. The number of benzene rings is 3. The second-order valence-electron chi connectivity index (χ2n) is 6.88. The highest BCUT2D eigenvalue weighted by atomic mass is 19.1. The smallest absolute Gasteiger partial charge is 0.144 e. The summed E-state index contributed by atoms with van der Waals surface area (Å²) in [5.74, 6) is 1.36. The quantitative estimate of drug-likeness (QED) is 0.370. The van der Waals surface area contributed by atoms with Gasteiger partial charge in [0.15, 0.2) is 0 Å². The minimum Gasteiger partial charge on any atom is -0.493 e. The highest BCUT2D eigenvalue weighted by Gasteiger charge is 2.15. The highest BCUT2D eigenvalue weighted by Crippen LogP contribution is 2.27. The molecule has 0 saturated heterocycles. The predicted molar refractivity (Wildman–Crippen MR) is 111 cm³/mol. The third kappa shape index (κ3) is 3.77. The fourth-order valence-corrected chi connectivity index (χ4v) is 3.42. The molecule has 28 heavy (non-hydrogen) atoms. The van der Waals surface area contributed by atoms with Gasteiger partial charge < -0.3 is 9.30 Å². The number of nitrogens with zero attached hydrogens (tertiary/aromatic N) is 2. The van der Waals surface area contributed by atoms with Crippen LogP contribution in [0.5, 0.6) is 5.75 Å². The van der Waals surface area contributed by atoms with Crippen LogP contribution in [0.15, 0.2) is 72.8 Å². The standard InChI is InChI=1S/C24H23FN2O/c1-18-10-2-7-15-23(18)28-17-9-8-16-27-22-14-6-5-13-21(22)26-24(27)19-11-3-4-12-20(19)25/h2-7,10-15H,8-9,16-17H2,1H3. The van der Waals surface area contributed by atoms with Crippen molar-refractivity contribution in [1.82, 2.24) is 9.55 Å². The molecule has 4 heteroatoms. The van der Waals surface area contributed by atoms with Crippen LogP contribution in [0, 0.1) is 12.7 Å². The molecule has 4 aromatic rings. The Morgan fingerprint density at radius 3 is 2.50 bits per heavy atom.